The minimum atomic E-state index is -3.23. The van der Waals surface area contributed by atoms with E-state index in [0.717, 1.165) is 17.3 Å². The Bertz CT molecular complexity index is 1430. The number of nitrogens with zero attached hydrogens (tertiary/aromatic N) is 2. The molecule has 2 aromatic rings. The second-order valence-electron chi connectivity index (χ2n) is 8.63. The first kappa shape index (κ1) is 23.7. The number of hydrogen-bond acceptors (Lipinski definition) is 7. The van der Waals surface area contributed by atoms with Crippen LogP contribution in [0.25, 0.3) is 5.57 Å². The molecule has 0 aliphatic carbocycles. The van der Waals surface area contributed by atoms with E-state index in [9.17, 15) is 22.8 Å². The van der Waals surface area contributed by atoms with Gasteiger partial charge in [-0.2, -0.15) is 0 Å². The number of thiocarbonyl (C=S) groups is 1. The number of benzene rings is 2. The lowest BCUT2D eigenvalue weighted by molar-refractivity contribution is -0.123. The molecular weight excluding hydrogens is 506 g/mol. The quantitative estimate of drug-likeness (QED) is 0.482. The fourth-order valence-electron chi connectivity index (χ4n) is 4.55. The molecule has 0 bridgehead atoms. The van der Waals surface area contributed by atoms with Crippen LogP contribution in [0.4, 0.5) is 11.4 Å². The number of anilines is 2. The summed E-state index contributed by atoms with van der Waals surface area (Å²) in [5.41, 5.74) is 2.87. The number of amides is 3. The zero-order valence-electron chi connectivity index (χ0n) is 18.7. The Hall–Kier alpha value is -3.02. The Balaban J connectivity index is 1.45. The van der Waals surface area contributed by atoms with Crippen LogP contribution in [0.15, 0.2) is 53.4 Å². The second-order valence-corrected chi connectivity index (χ2v) is 12.5. The minimum absolute atomic E-state index is 0.00617. The summed E-state index contributed by atoms with van der Waals surface area (Å²) in [6, 6.07) is 13.8. The third-order valence-corrected chi connectivity index (χ3v) is 9.28. The highest BCUT2D eigenvalue weighted by Crippen LogP contribution is 2.45. The number of para-hydroxylation sites is 1. The van der Waals surface area contributed by atoms with Gasteiger partial charge in [-0.3, -0.25) is 24.2 Å². The number of rotatable bonds is 4. The molecule has 35 heavy (non-hydrogen) atoms. The summed E-state index contributed by atoms with van der Waals surface area (Å²) in [7, 11) is -3.23. The van der Waals surface area contributed by atoms with E-state index in [0.29, 0.717) is 23.4 Å². The van der Waals surface area contributed by atoms with Crippen LogP contribution in [0, 0.1) is 6.92 Å². The van der Waals surface area contributed by atoms with Crippen LogP contribution >= 0.6 is 24.0 Å². The molecule has 0 spiro atoms. The normalized spacial score (nSPS) is 23.2. The van der Waals surface area contributed by atoms with Crippen molar-refractivity contribution >= 4 is 72.8 Å². The smallest absolute Gasteiger partial charge is 0.267 e. The Morgan fingerprint density at radius 2 is 1.91 bits per heavy atom. The van der Waals surface area contributed by atoms with Gasteiger partial charge in [-0.15, -0.1) is 0 Å². The molecular formula is C24H21N3O5S3. The standard InChI is InChI=1S/C24H21N3O5S3/c1-14-5-4-6-15(11-14)25-19(28)12-26-18-8-3-2-7-17(18)20(22(26)29)21-23(30)27(24(33)34-21)16-9-10-35(31,32)13-16/h2-8,11,16H,9-10,12-13H2,1H3,(H,25,28). The third kappa shape index (κ3) is 4.39. The number of hydrogen-bond donors (Lipinski definition) is 1. The zero-order chi connectivity index (χ0) is 24.9. The zero-order valence-corrected chi connectivity index (χ0v) is 21.1. The summed E-state index contributed by atoms with van der Waals surface area (Å²) in [6.07, 6.45) is 0.313. The van der Waals surface area contributed by atoms with Crippen molar-refractivity contribution in [1.82, 2.24) is 4.90 Å². The third-order valence-electron chi connectivity index (χ3n) is 6.13. The van der Waals surface area contributed by atoms with E-state index in [4.69, 9.17) is 12.2 Å². The number of carbonyl (C=O) groups is 3. The molecule has 1 unspecified atom stereocenters. The van der Waals surface area contributed by atoms with Crippen molar-refractivity contribution in [1.29, 1.82) is 0 Å². The van der Waals surface area contributed by atoms with E-state index >= 15 is 0 Å². The summed E-state index contributed by atoms with van der Waals surface area (Å²) in [5.74, 6) is -1.44. The van der Waals surface area contributed by atoms with Crippen LogP contribution < -0.4 is 10.2 Å². The fourth-order valence-corrected chi connectivity index (χ4v) is 7.72. The van der Waals surface area contributed by atoms with Crippen LogP contribution in [0.3, 0.4) is 0 Å². The van der Waals surface area contributed by atoms with Crippen molar-refractivity contribution in [3.8, 4) is 0 Å². The van der Waals surface area contributed by atoms with Gasteiger partial charge in [-0.25, -0.2) is 8.42 Å². The molecule has 3 heterocycles. The number of carbonyl (C=O) groups excluding carboxylic acids is 3. The Morgan fingerprint density at radius 3 is 2.63 bits per heavy atom. The van der Waals surface area contributed by atoms with Gasteiger partial charge in [-0.05, 0) is 37.1 Å². The summed E-state index contributed by atoms with van der Waals surface area (Å²) >= 11 is 6.41. The highest BCUT2D eigenvalue weighted by molar-refractivity contribution is 8.26. The first-order valence-corrected chi connectivity index (χ1v) is 14.0. The van der Waals surface area contributed by atoms with Gasteiger partial charge < -0.3 is 5.32 Å². The lowest BCUT2D eigenvalue weighted by atomic mass is 10.1. The van der Waals surface area contributed by atoms with Gasteiger partial charge in [0, 0.05) is 11.3 Å². The highest BCUT2D eigenvalue weighted by atomic mass is 32.2. The van der Waals surface area contributed by atoms with E-state index in [2.05, 4.69) is 5.32 Å². The Morgan fingerprint density at radius 1 is 1.14 bits per heavy atom. The lowest BCUT2D eigenvalue weighted by Crippen LogP contribution is -2.39. The van der Waals surface area contributed by atoms with Gasteiger partial charge in [-0.1, -0.05) is 54.3 Å². The molecule has 180 valence electrons. The van der Waals surface area contributed by atoms with E-state index in [1.807, 2.05) is 25.1 Å². The van der Waals surface area contributed by atoms with Crippen molar-refractivity contribution in [2.75, 3.05) is 28.3 Å². The maximum Gasteiger partial charge on any atom is 0.267 e. The van der Waals surface area contributed by atoms with E-state index in [1.54, 1.807) is 30.3 Å². The topological polar surface area (TPSA) is 104 Å². The number of fused-ring (bicyclic) bond motifs is 1. The van der Waals surface area contributed by atoms with Crippen molar-refractivity contribution in [2.24, 2.45) is 0 Å². The van der Waals surface area contributed by atoms with E-state index in [-0.39, 0.29) is 38.8 Å². The van der Waals surface area contributed by atoms with Gasteiger partial charge in [0.2, 0.25) is 5.91 Å². The molecule has 2 saturated heterocycles. The van der Waals surface area contributed by atoms with Gasteiger partial charge in [0.15, 0.2) is 9.84 Å². The van der Waals surface area contributed by atoms with Crippen molar-refractivity contribution in [2.45, 2.75) is 19.4 Å². The van der Waals surface area contributed by atoms with Gasteiger partial charge in [0.1, 0.15) is 10.9 Å². The fraction of sp³-hybridized carbons (Fsp3) is 0.250. The number of nitrogens with one attached hydrogen (secondary N) is 1. The SMILES string of the molecule is Cc1cccc(NC(=O)CN2C(=O)C(=C3SC(=S)N(C4CCS(=O)(=O)C4)C3=O)c3ccccc32)c1. The van der Waals surface area contributed by atoms with Gasteiger partial charge in [0.25, 0.3) is 11.8 Å². The molecule has 3 amide bonds. The molecule has 1 N–H and O–H groups in total. The monoisotopic (exact) mass is 527 g/mol. The van der Waals surface area contributed by atoms with Crippen LogP contribution in [0.2, 0.25) is 0 Å². The molecule has 0 saturated carbocycles. The first-order chi connectivity index (χ1) is 16.6. The number of thioether (sulfide) groups is 1. The van der Waals surface area contributed by atoms with Crippen LogP contribution in [-0.2, 0) is 24.2 Å². The molecule has 3 aliphatic rings. The maximum atomic E-state index is 13.5. The highest BCUT2D eigenvalue weighted by Gasteiger charge is 2.46. The molecule has 0 radical (unpaired) electrons. The second kappa shape index (κ2) is 8.89. The maximum absolute atomic E-state index is 13.5. The summed E-state index contributed by atoms with van der Waals surface area (Å²) < 4.78 is 24.2. The number of aryl methyl sites for hydroxylation is 1. The lowest BCUT2D eigenvalue weighted by Gasteiger charge is -2.21. The molecule has 2 aromatic carbocycles. The Kier molecular flexibility index (Phi) is 6.02. The van der Waals surface area contributed by atoms with Crippen molar-refractivity contribution in [3.05, 3.63) is 64.6 Å². The predicted octanol–water partition coefficient (Wildman–Crippen LogP) is 2.74. The molecule has 1 atom stereocenters. The van der Waals surface area contributed by atoms with Crippen LogP contribution in [0.5, 0.6) is 0 Å². The molecule has 5 rings (SSSR count). The molecule has 0 aromatic heterocycles. The predicted molar refractivity (Wildman–Crippen MR) is 140 cm³/mol. The van der Waals surface area contributed by atoms with E-state index < -0.39 is 27.7 Å². The average molecular weight is 528 g/mol. The van der Waals surface area contributed by atoms with Crippen LogP contribution in [-0.4, -0.2) is 59.5 Å². The average Bonchev–Trinajstić information content (AvgIpc) is 3.39. The summed E-state index contributed by atoms with van der Waals surface area (Å²) in [4.78, 5) is 42.5. The largest absolute Gasteiger partial charge is 0.325 e. The van der Waals surface area contributed by atoms with E-state index in [1.165, 1.54) is 9.80 Å². The van der Waals surface area contributed by atoms with Crippen LogP contribution in [0.1, 0.15) is 17.5 Å². The molecule has 3 aliphatic heterocycles. The van der Waals surface area contributed by atoms with Gasteiger partial charge in [0.05, 0.1) is 33.7 Å². The Labute approximate surface area is 212 Å². The molecule has 8 nitrogen and oxygen atoms in total. The number of sulfone groups is 1. The van der Waals surface area contributed by atoms with Gasteiger partial charge >= 0.3 is 0 Å². The summed E-state index contributed by atoms with van der Waals surface area (Å²) in [6.45, 7) is 1.69. The minimum Gasteiger partial charge on any atom is -0.325 e. The van der Waals surface area contributed by atoms with Crippen molar-refractivity contribution < 1.29 is 22.8 Å². The first-order valence-electron chi connectivity index (χ1n) is 10.9. The molecule has 2 fully saturated rings. The summed E-state index contributed by atoms with van der Waals surface area (Å²) in [5, 5.41) is 2.81. The van der Waals surface area contributed by atoms with Crippen molar-refractivity contribution in [3.63, 3.8) is 0 Å². The molecule has 11 heteroatoms.